The van der Waals surface area contributed by atoms with Crippen LogP contribution in [0.5, 0.6) is 0 Å². The van der Waals surface area contributed by atoms with E-state index in [9.17, 15) is 13.2 Å². The van der Waals surface area contributed by atoms with Crippen molar-refractivity contribution in [2.75, 3.05) is 11.5 Å². The molecule has 2 aliphatic heterocycles. The predicted octanol–water partition coefficient (Wildman–Crippen LogP) is 0.562. The van der Waals surface area contributed by atoms with Crippen LogP contribution in [0.3, 0.4) is 0 Å². The Morgan fingerprint density at radius 2 is 2.06 bits per heavy atom. The third-order valence-corrected chi connectivity index (χ3v) is 5.64. The van der Waals surface area contributed by atoms with Gasteiger partial charge in [-0.2, -0.15) is 5.10 Å². The molecule has 0 aromatic heterocycles. The Morgan fingerprint density at radius 3 is 2.71 bits per heavy atom. The zero-order valence-electron chi connectivity index (χ0n) is 9.63. The van der Waals surface area contributed by atoms with E-state index in [0.717, 1.165) is 31.4 Å². The first-order chi connectivity index (χ1) is 8.07. The van der Waals surface area contributed by atoms with Crippen molar-refractivity contribution in [2.45, 2.75) is 38.1 Å². The zero-order valence-corrected chi connectivity index (χ0v) is 10.4. The highest BCUT2D eigenvalue weighted by Crippen LogP contribution is 2.32. The fourth-order valence-corrected chi connectivity index (χ4v) is 4.65. The van der Waals surface area contributed by atoms with Crippen molar-refractivity contribution in [3.63, 3.8) is 0 Å². The number of sulfone groups is 1. The van der Waals surface area contributed by atoms with Crippen molar-refractivity contribution in [1.82, 2.24) is 5.01 Å². The van der Waals surface area contributed by atoms with E-state index in [1.54, 1.807) is 0 Å². The maximum absolute atomic E-state index is 12.2. The second-order valence-electron chi connectivity index (χ2n) is 5.13. The summed E-state index contributed by atoms with van der Waals surface area (Å²) in [6, 6.07) is -0.217. The number of hydrogen-bond acceptors (Lipinski definition) is 4. The number of nitrogens with zero attached hydrogens (tertiary/aromatic N) is 2. The van der Waals surface area contributed by atoms with Crippen molar-refractivity contribution in [1.29, 1.82) is 0 Å². The molecular weight excluding hydrogens is 240 g/mol. The average molecular weight is 256 g/mol. The lowest BCUT2D eigenvalue weighted by atomic mass is 9.87. The third kappa shape index (κ3) is 1.88. The Kier molecular flexibility index (Phi) is 2.50. The summed E-state index contributed by atoms with van der Waals surface area (Å²) in [5.74, 6) is 0.257. The largest absolute Gasteiger partial charge is 0.272 e. The van der Waals surface area contributed by atoms with Gasteiger partial charge < -0.3 is 0 Å². The van der Waals surface area contributed by atoms with Gasteiger partial charge in [0, 0.05) is 0 Å². The Balaban J connectivity index is 1.81. The van der Waals surface area contributed by atoms with Gasteiger partial charge in [0.15, 0.2) is 9.84 Å². The van der Waals surface area contributed by atoms with Crippen LogP contribution in [0.2, 0.25) is 0 Å². The van der Waals surface area contributed by atoms with Crippen LogP contribution in [0.1, 0.15) is 32.1 Å². The molecule has 3 aliphatic rings. The SMILES string of the molecule is O=C1C2CCCCC2=NN1C1CCS(=O)(=O)C1. The lowest BCUT2D eigenvalue weighted by Gasteiger charge is -2.20. The smallest absolute Gasteiger partial charge is 0.251 e. The molecule has 0 spiro atoms. The molecule has 2 unspecified atom stereocenters. The van der Waals surface area contributed by atoms with Gasteiger partial charge in [0.1, 0.15) is 0 Å². The number of hydrogen-bond donors (Lipinski definition) is 0. The molecule has 0 bridgehead atoms. The van der Waals surface area contributed by atoms with Crippen LogP contribution in [0.25, 0.3) is 0 Å². The number of carbonyl (C=O) groups is 1. The minimum Gasteiger partial charge on any atom is -0.272 e. The summed E-state index contributed by atoms with van der Waals surface area (Å²) in [6.07, 6.45) is 4.49. The summed E-state index contributed by atoms with van der Waals surface area (Å²) >= 11 is 0. The Hall–Kier alpha value is -0.910. The molecule has 1 amide bonds. The molecule has 17 heavy (non-hydrogen) atoms. The number of fused-ring (bicyclic) bond motifs is 1. The maximum Gasteiger partial charge on any atom is 0.251 e. The van der Waals surface area contributed by atoms with Gasteiger partial charge >= 0.3 is 0 Å². The van der Waals surface area contributed by atoms with E-state index in [1.165, 1.54) is 5.01 Å². The summed E-state index contributed by atoms with van der Waals surface area (Å²) < 4.78 is 22.9. The predicted molar refractivity (Wildman–Crippen MR) is 63.3 cm³/mol. The van der Waals surface area contributed by atoms with Crippen LogP contribution in [0.15, 0.2) is 5.10 Å². The summed E-state index contributed by atoms with van der Waals surface area (Å²) in [4.78, 5) is 12.2. The van der Waals surface area contributed by atoms with Crippen LogP contribution in [0, 0.1) is 5.92 Å². The molecule has 2 fully saturated rings. The lowest BCUT2D eigenvalue weighted by Crippen LogP contribution is -2.37. The van der Waals surface area contributed by atoms with Crippen molar-refractivity contribution in [3.8, 4) is 0 Å². The van der Waals surface area contributed by atoms with Gasteiger partial charge in [-0.15, -0.1) is 0 Å². The monoisotopic (exact) mass is 256 g/mol. The van der Waals surface area contributed by atoms with E-state index in [1.807, 2.05) is 0 Å². The molecule has 94 valence electrons. The second kappa shape index (κ2) is 3.80. The molecule has 0 aromatic rings. The van der Waals surface area contributed by atoms with E-state index in [-0.39, 0.29) is 29.4 Å². The summed E-state index contributed by atoms with van der Waals surface area (Å²) in [5.41, 5.74) is 0.977. The van der Waals surface area contributed by atoms with Gasteiger partial charge in [0.05, 0.1) is 29.2 Å². The fraction of sp³-hybridized carbons (Fsp3) is 0.818. The number of hydrazone groups is 1. The highest BCUT2D eigenvalue weighted by molar-refractivity contribution is 7.91. The van der Waals surface area contributed by atoms with Crippen LogP contribution >= 0.6 is 0 Å². The molecule has 6 heteroatoms. The van der Waals surface area contributed by atoms with Crippen molar-refractivity contribution < 1.29 is 13.2 Å². The van der Waals surface area contributed by atoms with E-state index in [0.29, 0.717) is 6.42 Å². The molecule has 5 nitrogen and oxygen atoms in total. The Bertz CT molecular complexity index is 483. The third-order valence-electron chi connectivity index (χ3n) is 3.89. The molecule has 2 heterocycles. The number of rotatable bonds is 1. The van der Waals surface area contributed by atoms with E-state index in [4.69, 9.17) is 0 Å². The molecule has 0 radical (unpaired) electrons. The molecule has 1 aliphatic carbocycles. The van der Waals surface area contributed by atoms with E-state index >= 15 is 0 Å². The molecule has 3 rings (SSSR count). The van der Waals surface area contributed by atoms with Crippen molar-refractivity contribution in [3.05, 3.63) is 0 Å². The maximum atomic E-state index is 12.2. The van der Waals surface area contributed by atoms with Gasteiger partial charge in [-0.1, -0.05) is 6.42 Å². The topological polar surface area (TPSA) is 66.8 Å². The second-order valence-corrected chi connectivity index (χ2v) is 7.36. The van der Waals surface area contributed by atoms with E-state index < -0.39 is 9.84 Å². The summed E-state index contributed by atoms with van der Waals surface area (Å²) in [5, 5.41) is 5.84. The van der Waals surface area contributed by atoms with Crippen LogP contribution in [-0.4, -0.2) is 42.6 Å². The average Bonchev–Trinajstić information content (AvgIpc) is 2.81. The van der Waals surface area contributed by atoms with Gasteiger partial charge in [-0.25, -0.2) is 13.4 Å². The number of amides is 1. The van der Waals surface area contributed by atoms with Crippen molar-refractivity contribution in [2.24, 2.45) is 11.0 Å². The molecule has 2 atom stereocenters. The first-order valence-corrected chi connectivity index (χ1v) is 8.00. The molecule has 0 aromatic carbocycles. The fourth-order valence-electron chi connectivity index (χ4n) is 2.96. The molecular formula is C11H16N2O3S. The number of carbonyl (C=O) groups excluding carboxylic acids is 1. The van der Waals surface area contributed by atoms with Gasteiger partial charge in [0.25, 0.3) is 5.91 Å². The normalized spacial score (nSPS) is 35.9. The van der Waals surface area contributed by atoms with E-state index in [2.05, 4.69) is 5.10 Å². The first-order valence-electron chi connectivity index (χ1n) is 6.18. The lowest BCUT2D eigenvalue weighted by molar-refractivity contribution is -0.133. The molecule has 1 saturated carbocycles. The zero-order chi connectivity index (χ0) is 12.0. The minimum atomic E-state index is -2.95. The van der Waals surface area contributed by atoms with Crippen LogP contribution in [-0.2, 0) is 14.6 Å². The molecule has 1 saturated heterocycles. The minimum absolute atomic E-state index is 0.0294. The standard InChI is InChI=1S/C11H16N2O3S/c14-11-9-3-1-2-4-10(9)12-13(11)8-5-6-17(15,16)7-8/h8-9H,1-7H2. The highest BCUT2D eigenvalue weighted by Gasteiger charge is 2.43. The molecule has 0 N–H and O–H groups in total. The Labute approximate surface area is 101 Å². The van der Waals surface area contributed by atoms with Gasteiger partial charge in [0.2, 0.25) is 0 Å². The summed E-state index contributed by atoms with van der Waals surface area (Å²) in [6.45, 7) is 0. The van der Waals surface area contributed by atoms with Crippen LogP contribution in [0.4, 0.5) is 0 Å². The first kappa shape index (κ1) is 11.2. The van der Waals surface area contributed by atoms with Gasteiger partial charge in [-0.3, -0.25) is 4.79 Å². The van der Waals surface area contributed by atoms with Crippen LogP contribution < -0.4 is 0 Å². The Morgan fingerprint density at radius 1 is 1.24 bits per heavy atom. The van der Waals surface area contributed by atoms with Crippen molar-refractivity contribution >= 4 is 21.5 Å². The summed E-state index contributed by atoms with van der Waals surface area (Å²) in [7, 11) is -2.95. The highest BCUT2D eigenvalue weighted by atomic mass is 32.2. The van der Waals surface area contributed by atoms with Gasteiger partial charge in [-0.05, 0) is 25.7 Å². The quantitative estimate of drug-likeness (QED) is 0.688.